The predicted octanol–water partition coefficient (Wildman–Crippen LogP) is 3.23. The molecule has 1 amide bonds. The second kappa shape index (κ2) is 6.58. The number of nitrogens with zero attached hydrogens (tertiary/aromatic N) is 2. The lowest BCUT2D eigenvalue weighted by atomic mass is 9.75. The first-order chi connectivity index (χ1) is 11.8. The number of thiophene rings is 1. The summed E-state index contributed by atoms with van der Waals surface area (Å²) in [5, 5.41) is 7.40. The first kappa shape index (κ1) is 15.7. The summed E-state index contributed by atoms with van der Waals surface area (Å²) in [4.78, 5) is 12.6. The highest BCUT2D eigenvalue weighted by Gasteiger charge is 2.35. The van der Waals surface area contributed by atoms with Gasteiger partial charge in [0.15, 0.2) is 0 Å². The molecule has 3 aromatic rings. The van der Waals surface area contributed by atoms with Crippen molar-refractivity contribution < 1.29 is 9.53 Å². The lowest BCUT2D eigenvalue weighted by Gasteiger charge is -2.37. The third-order valence-electron chi connectivity index (χ3n) is 4.69. The van der Waals surface area contributed by atoms with Crippen molar-refractivity contribution in [2.24, 2.45) is 0 Å². The molecule has 2 aromatic heterocycles. The average Bonchev–Trinajstić information content (AvgIpc) is 3.31. The van der Waals surface area contributed by atoms with Gasteiger partial charge < -0.3 is 10.1 Å². The molecule has 1 fully saturated rings. The van der Waals surface area contributed by atoms with Gasteiger partial charge in [0.05, 0.1) is 11.7 Å². The maximum Gasteiger partial charge on any atom is 0.251 e. The van der Waals surface area contributed by atoms with Gasteiger partial charge in [-0.15, -0.1) is 0 Å². The van der Waals surface area contributed by atoms with Crippen LogP contribution in [-0.4, -0.2) is 34.4 Å². The normalized spacial score (nSPS) is 17.0. The Morgan fingerprint density at radius 3 is 2.83 bits per heavy atom. The van der Waals surface area contributed by atoms with Crippen LogP contribution in [0.3, 0.4) is 0 Å². The number of hydrogen-bond donors (Lipinski definition) is 1. The fraction of sp³-hybridized carbons (Fsp3) is 0.353. The molecule has 3 heterocycles. The van der Waals surface area contributed by atoms with Crippen molar-refractivity contribution in [3.63, 3.8) is 0 Å². The van der Waals surface area contributed by atoms with Crippen LogP contribution >= 0.6 is 23.1 Å². The van der Waals surface area contributed by atoms with E-state index in [1.165, 1.54) is 5.56 Å². The molecule has 4 rings (SSSR count). The van der Waals surface area contributed by atoms with Crippen LogP contribution in [0.25, 0.3) is 11.0 Å². The molecule has 0 radical (unpaired) electrons. The number of ether oxygens (including phenoxy) is 1. The van der Waals surface area contributed by atoms with Gasteiger partial charge in [0.2, 0.25) is 0 Å². The first-order valence-electron chi connectivity index (χ1n) is 7.88. The molecule has 0 atom stereocenters. The summed E-state index contributed by atoms with van der Waals surface area (Å²) in [7, 11) is 0. The average molecular weight is 359 g/mol. The summed E-state index contributed by atoms with van der Waals surface area (Å²) >= 11 is 2.86. The van der Waals surface area contributed by atoms with Gasteiger partial charge in [-0.05, 0) is 53.4 Å². The summed E-state index contributed by atoms with van der Waals surface area (Å²) < 4.78 is 13.9. The summed E-state index contributed by atoms with van der Waals surface area (Å²) in [6.45, 7) is 2.10. The standard InChI is InChI=1S/C17H17N3O2S2/c21-16(12-1-2-14-15(9-12)20-24-19-14)18-11-17(4-6-22-7-5-17)13-3-8-23-10-13/h1-3,8-10H,4-7,11H2,(H,18,21). The smallest absolute Gasteiger partial charge is 0.251 e. The van der Waals surface area contributed by atoms with Crippen molar-refractivity contribution >= 4 is 40.0 Å². The molecule has 0 unspecified atom stereocenters. The highest BCUT2D eigenvalue weighted by Crippen LogP contribution is 2.35. The van der Waals surface area contributed by atoms with Crippen LogP contribution in [0, 0.1) is 0 Å². The van der Waals surface area contributed by atoms with Crippen LogP contribution in [-0.2, 0) is 10.2 Å². The fourth-order valence-electron chi connectivity index (χ4n) is 3.17. The Bertz CT molecular complexity index is 839. The van der Waals surface area contributed by atoms with Crippen LogP contribution in [0.5, 0.6) is 0 Å². The minimum absolute atomic E-state index is 0.0276. The van der Waals surface area contributed by atoms with E-state index in [1.54, 1.807) is 23.5 Å². The van der Waals surface area contributed by atoms with E-state index in [9.17, 15) is 4.79 Å². The molecule has 5 nitrogen and oxygen atoms in total. The third-order valence-corrected chi connectivity index (χ3v) is 5.93. The van der Waals surface area contributed by atoms with Gasteiger partial charge in [-0.2, -0.15) is 20.1 Å². The number of nitrogens with one attached hydrogen (secondary N) is 1. The van der Waals surface area contributed by atoms with Crippen LogP contribution in [0.2, 0.25) is 0 Å². The number of rotatable bonds is 4. The number of amides is 1. The Balaban J connectivity index is 1.52. The molecule has 0 spiro atoms. The molecule has 1 saturated heterocycles. The van der Waals surface area contributed by atoms with E-state index in [1.807, 2.05) is 6.07 Å². The SMILES string of the molecule is O=C(NCC1(c2ccsc2)CCOCC1)c1ccc2nsnc2c1. The summed E-state index contributed by atoms with van der Waals surface area (Å²) in [5.41, 5.74) is 3.50. The van der Waals surface area contributed by atoms with Crippen molar-refractivity contribution in [2.45, 2.75) is 18.3 Å². The van der Waals surface area contributed by atoms with E-state index in [0.717, 1.165) is 48.8 Å². The Morgan fingerprint density at radius 1 is 1.21 bits per heavy atom. The molecule has 24 heavy (non-hydrogen) atoms. The molecule has 0 saturated carbocycles. The van der Waals surface area contributed by atoms with Crippen LogP contribution in [0.4, 0.5) is 0 Å². The van der Waals surface area contributed by atoms with Gasteiger partial charge >= 0.3 is 0 Å². The van der Waals surface area contributed by atoms with E-state index >= 15 is 0 Å². The van der Waals surface area contributed by atoms with E-state index in [0.29, 0.717) is 12.1 Å². The lowest BCUT2D eigenvalue weighted by Crippen LogP contribution is -2.44. The Labute approximate surface area is 148 Å². The van der Waals surface area contributed by atoms with E-state index in [4.69, 9.17) is 4.74 Å². The van der Waals surface area contributed by atoms with Crippen molar-refractivity contribution in [1.29, 1.82) is 0 Å². The highest BCUT2D eigenvalue weighted by atomic mass is 32.1. The molecule has 1 aliphatic heterocycles. The topological polar surface area (TPSA) is 64.1 Å². The van der Waals surface area contributed by atoms with Crippen molar-refractivity contribution in [3.05, 3.63) is 46.2 Å². The van der Waals surface area contributed by atoms with Gasteiger partial charge in [0.1, 0.15) is 11.0 Å². The third kappa shape index (κ3) is 2.94. The molecule has 1 aromatic carbocycles. The van der Waals surface area contributed by atoms with E-state index < -0.39 is 0 Å². The highest BCUT2D eigenvalue weighted by molar-refractivity contribution is 7.08. The summed E-state index contributed by atoms with van der Waals surface area (Å²) in [6, 6.07) is 7.61. The van der Waals surface area contributed by atoms with Crippen LogP contribution in [0.15, 0.2) is 35.0 Å². The number of fused-ring (bicyclic) bond motifs is 1. The van der Waals surface area contributed by atoms with Gasteiger partial charge in [0, 0.05) is 30.7 Å². The number of hydrogen-bond acceptors (Lipinski definition) is 6. The summed E-state index contributed by atoms with van der Waals surface area (Å²) in [6.07, 6.45) is 1.86. The van der Waals surface area contributed by atoms with Crippen LogP contribution < -0.4 is 5.32 Å². The quantitative estimate of drug-likeness (QED) is 0.777. The molecule has 0 aliphatic carbocycles. The van der Waals surface area contributed by atoms with Gasteiger partial charge in [-0.3, -0.25) is 4.79 Å². The molecule has 124 valence electrons. The van der Waals surface area contributed by atoms with Crippen molar-refractivity contribution in [2.75, 3.05) is 19.8 Å². The predicted molar refractivity (Wildman–Crippen MR) is 95.8 cm³/mol. The van der Waals surface area contributed by atoms with E-state index in [-0.39, 0.29) is 11.3 Å². The molecule has 0 bridgehead atoms. The molecular formula is C17H17N3O2S2. The molecule has 1 aliphatic rings. The fourth-order valence-corrected chi connectivity index (χ4v) is 4.47. The number of carbonyl (C=O) groups is 1. The zero-order chi connectivity index (χ0) is 16.4. The zero-order valence-electron chi connectivity index (χ0n) is 13.0. The lowest BCUT2D eigenvalue weighted by molar-refractivity contribution is 0.0488. The van der Waals surface area contributed by atoms with Crippen molar-refractivity contribution in [1.82, 2.24) is 14.1 Å². The Kier molecular flexibility index (Phi) is 4.30. The van der Waals surface area contributed by atoms with Crippen LogP contribution in [0.1, 0.15) is 28.8 Å². The number of aromatic nitrogens is 2. The minimum atomic E-state index is -0.0639. The second-order valence-corrected chi connectivity index (χ2v) is 7.36. The molecular weight excluding hydrogens is 342 g/mol. The maximum atomic E-state index is 12.6. The minimum Gasteiger partial charge on any atom is -0.381 e. The van der Waals surface area contributed by atoms with Gasteiger partial charge in [-0.1, -0.05) is 0 Å². The van der Waals surface area contributed by atoms with Gasteiger partial charge in [-0.25, -0.2) is 0 Å². The Morgan fingerprint density at radius 2 is 2.04 bits per heavy atom. The van der Waals surface area contributed by atoms with Crippen molar-refractivity contribution in [3.8, 4) is 0 Å². The second-order valence-electron chi connectivity index (χ2n) is 6.06. The molecule has 1 N–H and O–H groups in total. The Hall–Kier alpha value is -1.83. The number of carbonyl (C=O) groups excluding carboxylic acids is 1. The molecule has 7 heteroatoms. The van der Waals surface area contributed by atoms with E-state index in [2.05, 4.69) is 30.9 Å². The number of benzene rings is 1. The zero-order valence-corrected chi connectivity index (χ0v) is 14.7. The summed E-state index contributed by atoms with van der Waals surface area (Å²) in [5.74, 6) is -0.0639. The van der Waals surface area contributed by atoms with Gasteiger partial charge in [0.25, 0.3) is 5.91 Å². The monoisotopic (exact) mass is 359 g/mol. The first-order valence-corrected chi connectivity index (χ1v) is 9.55. The largest absolute Gasteiger partial charge is 0.381 e. The maximum absolute atomic E-state index is 12.6.